The molecule has 0 heterocycles. The van der Waals surface area contributed by atoms with Crippen LogP contribution >= 0.6 is 0 Å². The lowest BCUT2D eigenvalue weighted by molar-refractivity contribution is -0.118. The van der Waals surface area contributed by atoms with Gasteiger partial charge in [0.05, 0.1) is 0 Å². The predicted octanol–water partition coefficient (Wildman–Crippen LogP) is 2.00. The highest BCUT2D eigenvalue weighted by atomic mass is 16.1. The summed E-state index contributed by atoms with van der Waals surface area (Å²) in [6, 6.07) is 14.3. The van der Waals surface area contributed by atoms with E-state index in [4.69, 9.17) is 11.5 Å². The molecule has 2 rings (SSSR count). The molecule has 0 aliphatic rings. The second-order valence-electron chi connectivity index (χ2n) is 4.81. The zero-order chi connectivity index (χ0) is 14.4. The maximum absolute atomic E-state index is 11.9. The first-order valence-electron chi connectivity index (χ1n) is 6.70. The highest BCUT2D eigenvalue weighted by Crippen LogP contribution is 2.16. The van der Waals surface area contributed by atoms with Gasteiger partial charge in [-0.05, 0) is 22.8 Å². The first-order chi connectivity index (χ1) is 9.65. The van der Waals surface area contributed by atoms with E-state index in [1.165, 1.54) is 10.8 Å². The molecule has 0 aromatic heterocycles. The lowest BCUT2D eigenvalue weighted by Gasteiger charge is -2.03. The maximum Gasteiger partial charge on any atom is 0.185 e. The number of Topliss-reactive ketones (excluding diaryl/α,β-unsaturated/α-hetero) is 1. The zero-order valence-electron chi connectivity index (χ0n) is 11.4. The molecule has 0 aliphatic heterocycles. The predicted molar refractivity (Wildman–Crippen MR) is 82.6 cm³/mol. The van der Waals surface area contributed by atoms with Crippen LogP contribution < -0.4 is 11.5 Å². The van der Waals surface area contributed by atoms with Crippen LogP contribution in [-0.4, -0.2) is 18.3 Å². The SMILES string of the molecule is NC(N)=NCCCC(=O)Cc1ccc2ccccc2c1. The van der Waals surface area contributed by atoms with Gasteiger partial charge in [0.15, 0.2) is 5.96 Å². The number of benzene rings is 2. The van der Waals surface area contributed by atoms with E-state index >= 15 is 0 Å². The van der Waals surface area contributed by atoms with Crippen LogP contribution in [0.3, 0.4) is 0 Å². The number of hydrogen-bond donors (Lipinski definition) is 2. The Morgan fingerprint density at radius 1 is 1.05 bits per heavy atom. The number of carbonyl (C=O) groups is 1. The van der Waals surface area contributed by atoms with Crippen molar-refractivity contribution in [2.75, 3.05) is 6.54 Å². The summed E-state index contributed by atoms with van der Waals surface area (Å²) in [6.45, 7) is 0.506. The molecule has 4 nitrogen and oxygen atoms in total. The summed E-state index contributed by atoms with van der Waals surface area (Å²) >= 11 is 0. The third-order valence-electron chi connectivity index (χ3n) is 3.12. The summed E-state index contributed by atoms with van der Waals surface area (Å²) in [7, 11) is 0. The Labute approximate surface area is 118 Å². The molecule has 0 saturated carbocycles. The summed E-state index contributed by atoms with van der Waals surface area (Å²) in [5, 5.41) is 2.36. The number of hydrogen-bond acceptors (Lipinski definition) is 2. The molecule has 0 unspecified atom stereocenters. The first-order valence-corrected chi connectivity index (χ1v) is 6.70. The number of carbonyl (C=O) groups excluding carboxylic acids is 1. The zero-order valence-corrected chi connectivity index (χ0v) is 11.4. The number of fused-ring (bicyclic) bond motifs is 1. The first kappa shape index (κ1) is 14.1. The van der Waals surface area contributed by atoms with Crippen LogP contribution in [0.5, 0.6) is 0 Å². The van der Waals surface area contributed by atoms with E-state index in [9.17, 15) is 4.79 Å². The Kier molecular flexibility index (Phi) is 4.71. The van der Waals surface area contributed by atoms with Crippen LogP contribution in [0, 0.1) is 0 Å². The van der Waals surface area contributed by atoms with Gasteiger partial charge in [0.25, 0.3) is 0 Å². The molecule has 0 aliphatic carbocycles. The Morgan fingerprint density at radius 3 is 2.55 bits per heavy atom. The topological polar surface area (TPSA) is 81.5 Å². The normalized spacial score (nSPS) is 10.4. The van der Waals surface area contributed by atoms with Crippen LogP contribution in [0.2, 0.25) is 0 Å². The molecule has 4 N–H and O–H groups in total. The van der Waals surface area contributed by atoms with Gasteiger partial charge in [-0.15, -0.1) is 0 Å². The number of rotatable bonds is 6. The van der Waals surface area contributed by atoms with Crippen molar-refractivity contribution in [3.8, 4) is 0 Å². The molecule has 4 heteroatoms. The Morgan fingerprint density at radius 2 is 1.80 bits per heavy atom. The van der Waals surface area contributed by atoms with Gasteiger partial charge < -0.3 is 11.5 Å². The average molecular weight is 269 g/mol. The molecule has 0 amide bonds. The molecule has 0 spiro atoms. The van der Waals surface area contributed by atoms with E-state index in [1.54, 1.807) is 0 Å². The van der Waals surface area contributed by atoms with Crippen LogP contribution in [0.25, 0.3) is 10.8 Å². The number of ketones is 1. The van der Waals surface area contributed by atoms with Crippen molar-refractivity contribution in [3.05, 3.63) is 48.0 Å². The van der Waals surface area contributed by atoms with E-state index in [2.05, 4.69) is 29.3 Å². The van der Waals surface area contributed by atoms with Gasteiger partial charge in [-0.2, -0.15) is 0 Å². The van der Waals surface area contributed by atoms with Gasteiger partial charge in [-0.3, -0.25) is 9.79 Å². The van der Waals surface area contributed by atoms with Gasteiger partial charge in [0.1, 0.15) is 5.78 Å². The monoisotopic (exact) mass is 269 g/mol. The lowest BCUT2D eigenvalue weighted by atomic mass is 10.0. The van der Waals surface area contributed by atoms with Gasteiger partial charge >= 0.3 is 0 Å². The maximum atomic E-state index is 11.9. The summed E-state index contributed by atoms with van der Waals surface area (Å²) in [4.78, 5) is 15.7. The second-order valence-corrected chi connectivity index (χ2v) is 4.81. The van der Waals surface area contributed by atoms with E-state index in [0.29, 0.717) is 25.8 Å². The summed E-state index contributed by atoms with van der Waals surface area (Å²) in [6.07, 6.45) is 1.65. The minimum atomic E-state index is 0.0759. The largest absolute Gasteiger partial charge is 0.370 e. The van der Waals surface area contributed by atoms with Gasteiger partial charge in [0, 0.05) is 19.4 Å². The van der Waals surface area contributed by atoms with E-state index < -0.39 is 0 Å². The quantitative estimate of drug-likeness (QED) is 0.478. The minimum absolute atomic E-state index is 0.0759. The third-order valence-corrected chi connectivity index (χ3v) is 3.12. The standard InChI is InChI=1S/C16H19N3O/c17-16(18)19-9-3-6-15(20)11-12-7-8-13-4-1-2-5-14(13)10-12/h1-2,4-5,7-8,10H,3,6,9,11H2,(H4,17,18,19). The number of nitrogens with zero attached hydrogens (tertiary/aromatic N) is 1. The molecular weight excluding hydrogens is 250 g/mol. The molecule has 20 heavy (non-hydrogen) atoms. The van der Waals surface area contributed by atoms with Crippen LogP contribution in [0.15, 0.2) is 47.5 Å². The molecule has 0 radical (unpaired) electrons. The van der Waals surface area contributed by atoms with Crippen molar-refractivity contribution < 1.29 is 4.79 Å². The number of nitrogens with two attached hydrogens (primary N) is 2. The van der Waals surface area contributed by atoms with Crippen molar-refractivity contribution >= 4 is 22.5 Å². The molecular formula is C16H19N3O. The molecule has 2 aromatic carbocycles. The molecule has 2 aromatic rings. The van der Waals surface area contributed by atoms with Gasteiger partial charge in [-0.25, -0.2) is 0 Å². The summed E-state index contributed by atoms with van der Waals surface area (Å²) in [5.74, 6) is 0.290. The summed E-state index contributed by atoms with van der Waals surface area (Å²) < 4.78 is 0. The Balaban J connectivity index is 1.91. The fourth-order valence-corrected chi connectivity index (χ4v) is 2.15. The molecule has 0 fully saturated rings. The molecule has 0 atom stereocenters. The Bertz CT molecular complexity index is 630. The highest BCUT2D eigenvalue weighted by molar-refractivity contribution is 5.86. The minimum Gasteiger partial charge on any atom is -0.370 e. The third kappa shape index (κ3) is 4.09. The van der Waals surface area contributed by atoms with Crippen molar-refractivity contribution in [3.63, 3.8) is 0 Å². The second kappa shape index (κ2) is 6.70. The van der Waals surface area contributed by atoms with Crippen LogP contribution in [0.1, 0.15) is 18.4 Å². The van der Waals surface area contributed by atoms with Crippen molar-refractivity contribution in [1.82, 2.24) is 0 Å². The van der Waals surface area contributed by atoms with Crippen molar-refractivity contribution in [2.24, 2.45) is 16.5 Å². The molecule has 104 valence electrons. The molecule has 0 saturated heterocycles. The lowest BCUT2D eigenvalue weighted by Crippen LogP contribution is -2.23. The van der Waals surface area contributed by atoms with Crippen molar-refractivity contribution in [1.29, 1.82) is 0 Å². The van der Waals surface area contributed by atoms with Crippen LogP contribution in [0.4, 0.5) is 0 Å². The van der Waals surface area contributed by atoms with Crippen molar-refractivity contribution in [2.45, 2.75) is 19.3 Å². The fraction of sp³-hybridized carbons (Fsp3) is 0.250. The number of aliphatic imine (C=N–C) groups is 1. The van der Waals surface area contributed by atoms with Crippen LogP contribution in [-0.2, 0) is 11.2 Å². The smallest absolute Gasteiger partial charge is 0.185 e. The Hall–Kier alpha value is -2.36. The van der Waals surface area contributed by atoms with E-state index in [-0.39, 0.29) is 11.7 Å². The summed E-state index contributed by atoms with van der Waals surface area (Å²) in [5.41, 5.74) is 11.5. The average Bonchev–Trinajstić information content (AvgIpc) is 2.43. The van der Waals surface area contributed by atoms with E-state index in [0.717, 1.165) is 5.56 Å². The van der Waals surface area contributed by atoms with Gasteiger partial charge in [-0.1, -0.05) is 42.5 Å². The number of guanidine groups is 1. The highest BCUT2D eigenvalue weighted by Gasteiger charge is 2.04. The fourth-order valence-electron chi connectivity index (χ4n) is 2.15. The van der Waals surface area contributed by atoms with E-state index in [1.807, 2.05) is 18.2 Å². The van der Waals surface area contributed by atoms with Gasteiger partial charge in [0.2, 0.25) is 0 Å². The molecule has 0 bridgehead atoms.